The Morgan fingerprint density at radius 1 is 0.310 bits per heavy atom. The average Bonchev–Trinajstić information content (AvgIpc) is 3.10. The Morgan fingerprint density at radius 2 is 0.429 bits per heavy atom. The molecule has 6 saturated carbocycles. The summed E-state index contributed by atoms with van der Waals surface area (Å²) in [4.78, 5) is 7.75. The summed E-state index contributed by atoms with van der Waals surface area (Å²) in [5, 5.41) is 0. The third-order valence-corrected chi connectivity index (χ3v) is 21.6. The Hall–Kier alpha value is 1.44. The Morgan fingerprint density at radius 3 is 0.548 bits per heavy atom. The monoisotopic (exact) mass is 729 g/mol. The van der Waals surface area contributed by atoms with E-state index in [1.165, 1.54) is 34.0 Å². The Balaban J connectivity index is 0.000000206. The van der Waals surface area contributed by atoms with Crippen LogP contribution in [0.5, 0.6) is 0 Å². The van der Waals surface area contributed by atoms with Crippen molar-refractivity contribution < 1.29 is 22.1 Å². The number of hydrogen-bond acceptors (Lipinski definition) is 1. The van der Waals surface area contributed by atoms with Crippen LogP contribution in [-0.2, 0) is 22.1 Å². The summed E-state index contributed by atoms with van der Waals surface area (Å²) in [6, 6.07) is 0. The first kappa shape index (κ1) is 37.9. The van der Waals surface area contributed by atoms with Gasteiger partial charge in [0.15, 0.2) is 0 Å². The normalized spacial score (nSPS) is 26.4. The van der Waals surface area contributed by atoms with E-state index in [1.807, 2.05) is 0 Å². The van der Waals surface area contributed by atoms with E-state index in [2.05, 4.69) is 16.5 Å². The van der Waals surface area contributed by atoms with Gasteiger partial charge in [0.25, 0.3) is 0 Å². The maximum atomic E-state index is 7.75. The van der Waals surface area contributed by atoms with Crippen LogP contribution >= 0.6 is 25.5 Å². The molecule has 1 nitrogen and oxygen atoms in total. The second-order valence-electron chi connectivity index (χ2n) is 15.0. The summed E-state index contributed by atoms with van der Waals surface area (Å²) in [6.07, 6.45) is 47.6. The van der Waals surface area contributed by atoms with Gasteiger partial charge in [-0.15, -0.1) is 0 Å². The number of carbonyl (C=O) groups excluding carboxylic acids is 1. The van der Waals surface area contributed by atoms with Crippen LogP contribution < -0.4 is 0 Å². The molecular formula is C37H70ClOP2Ru+. The fraction of sp³-hybridized carbons (Fsp3) is 0.973. The third-order valence-electron chi connectivity index (χ3n) is 12.5. The van der Waals surface area contributed by atoms with Crippen molar-refractivity contribution in [3.8, 4) is 0 Å². The van der Waals surface area contributed by atoms with Crippen LogP contribution in [0.25, 0.3) is 0 Å². The van der Waals surface area contributed by atoms with Gasteiger partial charge in [-0.25, -0.2) is 0 Å². The standard InChI is InChI=1S/2C18H33P.CHO.ClH.Ru.H/c2*1-4-10-16(11-5-1)19(17-12-6-2-7-13-17)18-14-8-3-9-15-18;1-2;;;/h2*16-18H,1-15H2;1H;1H;;/q;;-1;;+1;/p+1. The Labute approximate surface area is 279 Å². The number of hydrogen-bond donors (Lipinski definition) is 0. The van der Waals surface area contributed by atoms with Gasteiger partial charge >= 0.3 is 27.0 Å². The van der Waals surface area contributed by atoms with E-state index in [-0.39, 0.29) is 15.8 Å². The van der Waals surface area contributed by atoms with Gasteiger partial charge in [0.2, 0.25) is 0 Å². The van der Waals surface area contributed by atoms with E-state index < -0.39 is 0 Å². The first-order valence-corrected chi connectivity index (χ1v) is 24.9. The molecule has 0 unspecified atom stereocenters. The van der Waals surface area contributed by atoms with Crippen molar-refractivity contribution in [3.05, 3.63) is 0 Å². The maximum absolute atomic E-state index is 7.75. The molecule has 6 rings (SSSR count). The molecule has 0 heterocycles. The molecule has 0 aliphatic heterocycles. The summed E-state index contributed by atoms with van der Waals surface area (Å²) in [7, 11) is 4.52. The third kappa shape index (κ3) is 12.6. The summed E-state index contributed by atoms with van der Waals surface area (Å²) in [6.45, 7) is 3.25. The molecule has 0 spiro atoms. The zero-order valence-electron chi connectivity index (χ0n) is 27.4. The zero-order valence-corrected chi connectivity index (χ0v) is 32.0. The van der Waals surface area contributed by atoms with Crippen LogP contribution in [0.2, 0.25) is 0 Å². The second-order valence-corrected chi connectivity index (χ2v) is 21.9. The van der Waals surface area contributed by atoms with E-state index in [9.17, 15) is 0 Å². The molecule has 6 fully saturated rings. The van der Waals surface area contributed by atoms with Crippen molar-refractivity contribution in [3.63, 3.8) is 0 Å². The molecule has 0 atom stereocenters. The van der Waals surface area contributed by atoms with Crippen molar-refractivity contribution in [2.24, 2.45) is 0 Å². The summed E-state index contributed by atoms with van der Waals surface area (Å²) in [5.74, 6) is 0. The SMILES string of the molecule is C1CCC([PH+](C2CCCCC2)C2CCCCC2)CC1.C1CCC([PH+](C2CCCCC2)C2CCCCC2)CC1.[CH-]=O.[Cl][RuH]. The van der Waals surface area contributed by atoms with Crippen LogP contribution in [-0.4, -0.2) is 40.7 Å². The molecule has 42 heavy (non-hydrogen) atoms. The number of rotatable bonds is 6. The van der Waals surface area contributed by atoms with Gasteiger partial charge in [0.05, 0.1) is 34.0 Å². The Bertz CT molecular complexity index is 492. The van der Waals surface area contributed by atoms with Crippen LogP contribution in [0.1, 0.15) is 193 Å². The van der Waals surface area contributed by atoms with Crippen LogP contribution in [0.15, 0.2) is 0 Å². The summed E-state index contributed by atoms with van der Waals surface area (Å²) >= 11 is 1.62. The molecule has 0 amide bonds. The van der Waals surface area contributed by atoms with E-state index >= 15 is 0 Å². The minimum absolute atomic E-state index is 0.0465. The molecule has 0 aromatic heterocycles. The molecule has 0 radical (unpaired) electrons. The molecule has 248 valence electrons. The van der Waals surface area contributed by atoms with E-state index in [1.54, 1.807) is 210 Å². The summed E-state index contributed by atoms with van der Waals surface area (Å²) < 4.78 is 0. The second kappa shape index (κ2) is 23.7. The van der Waals surface area contributed by atoms with Gasteiger partial charge < -0.3 is 4.79 Å². The van der Waals surface area contributed by atoms with E-state index in [0.717, 1.165) is 0 Å². The quantitative estimate of drug-likeness (QED) is 0.115. The van der Waals surface area contributed by atoms with E-state index in [4.69, 9.17) is 4.79 Å². The average molecular weight is 729 g/mol. The van der Waals surface area contributed by atoms with Gasteiger partial charge in [-0.2, -0.15) is 0 Å². The van der Waals surface area contributed by atoms with E-state index in [0.29, 0.717) is 0 Å². The van der Waals surface area contributed by atoms with Crippen LogP contribution in [0.4, 0.5) is 0 Å². The van der Waals surface area contributed by atoms with Crippen molar-refractivity contribution in [1.29, 1.82) is 0 Å². The minimum atomic E-state index is -0.0465. The van der Waals surface area contributed by atoms with Gasteiger partial charge in [0, 0.05) is 15.8 Å². The van der Waals surface area contributed by atoms with Crippen LogP contribution in [0.3, 0.4) is 0 Å². The molecule has 0 N–H and O–H groups in total. The summed E-state index contributed by atoms with van der Waals surface area (Å²) in [5.41, 5.74) is 7.36. The molecule has 0 saturated heterocycles. The molecule has 5 heteroatoms. The molecule has 0 aromatic rings. The van der Waals surface area contributed by atoms with Crippen molar-refractivity contribution in [2.45, 2.75) is 227 Å². The van der Waals surface area contributed by atoms with Gasteiger partial charge in [-0.3, -0.25) is 6.79 Å². The van der Waals surface area contributed by atoms with Crippen molar-refractivity contribution >= 4 is 32.3 Å². The van der Waals surface area contributed by atoms with Crippen LogP contribution in [0, 0.1) is 0 Å². The van der Waals surface area contributed by atoms with Crippen molar-refractivity contribution in [2.75, 3.05) is 0 Å². The Kier molecular flexibility index (Phi) is 21.4. The first-order chi connectivity index (χ1) is 20.9. The van der Waals surface area contributed by atoms with Gasteiger partial charge in [0.1, 0.15) is 0 Å². The molecule has 0 aromatic carbocycles. The first-order valence-electron chi connectivity index (χ1n) is 19.0. The molecule has 0 bridgehead atoms. The predicted octanol–water partition coefficient (Wildman–Crippen LogP) is 12.5. The fourth-order valence-corrected chi connectivity index (χ4v) is 21.1. The fourth-order valence-electron chi connectivity index (χ4n) is 10.6. The molecular weight excluding hydrogens is 659 g/mol. The predicted molar refractivity (Wildman–Crippen MR) is 192 cm³/mol. The topological polar surface area (TPSA) is 17.1 Å². The molecule has 6 aliphatic rings. The molecule has 6 aliphatic carbocycles. The van der Waals surface area contributed by atoms with Gasteiger partial charge in [-0.1, -0.05) is 38.5 Å². The number of halogens is 1. The van der Waals surface area contributed by atoms with Gasteiger partial charge in [-0.05, 0) is 154 Å². The zero-order chi connectivity index (χ0) is 29.8. The van der Waals surface area contributed by atoms with Crippen molar-refractivity contribution in [1.82, 2.24) is 0 Å².